The van der Waals surface area contributed by atoms with Gasteiger partial charge in [0, 0.05) is 20.6 Å². The number of halogens is 1. The maximum Gasteiger partial charge on any atom is 0.338 e. The molecule has 1 aliphatic rings. The van der Waals surface area contributed by atoms with Crippen molar-refractivity contribution in [3.63, 3.8) is 0 Å². The number of rotatable bonds is 6. The third-order valence-electron chi connectivity index (χ3n) is 7.28. The van der Waals surface area contributed by atoms with Crippen molar-refractivity contribution >= 4 is 46.0 Å². The van der Waals surface area contributed by atoms with Gasteiger partial charge in [-0.2, -0.15) is 0 Å². The van der Waals surface area contributed by atoms with Gasteiger partial charge in [0.05, 0.1) is 28.5 Å². The summed E-state index contributed by atoms with van der Waals surface area (Å²) in [6, 6.07) is 18.0. The van der Waals surface area contributed by atoms with Gasteiger partial charge in [-0.25, -0.2) is 9.79 Å². The number of carbonyl (C=O) groups excluding carboxylic acids is 1. The second-order valence-electron chi connectivity index (χ2n) is 10.3. The summed E-state index contributed by atoms with van der Waals surface area (Å²) in [5.74, 6) is -0.0756. The lowest BCUT2D eigenvalue weighted by Crippen LogP contribution is -2.39. The van der Waals surface area contributed by atoms with E-state index >= 15 is 0 Å². The van der Waals surface area contributed by atoms with Gasteiger partial charge in [0.1, 0.15) is 0 Å². The Hall–Kier alpha value is -3.24. The van der Waals surface area contributed by atoms with Gasteiger partial charge in [-0.05, 0) is 109 Å². The number of hydrogen-bond acceptors (Lipinski definition) is 5. The molecule has 0 radical (unpaired) electrons. The van der Waals surface area contributed by atoms with Crippen LogP contribution in [0, 0.1) is 17.4 Å². The molecule has 8 heteroatoms. The first-order chi connectivity index (χ1) is 19.1. The molecule has 0 N–H and O–H groups in total. The van der Waals surface area contributed by atoms with Crippen molar-refractivity contribution in [3.05, 3.63) is 117 Å². The van der Waals surface area contributed by atoms with E-state index in [0.29, 0.717) is 26.5 Å². The largest absolute Gasteiger partial charge is 0.463 e. The van der Waals surface area contributed by atoms with Gasteiger partial charge in [-0.3, -0.25) is 9.36 Å². The van der Waals surface area contributed by atoms with E-state index in [4.69, 9.17) is 9.73 Å². The number of aromatic nitrogens is 2. The Balaban J connectivity index is 1.67. The van der Waals surface area contributed by atoms with E-state index in [-0.39, 0.29) is 12.2 Å². The molecule has 0 saturated carbocycles. The average molecular weight is 666 g/mol. The van der Waals surface area contributed by atoms with Crippen molar-refractivity contribution < 1.29 is 9.53 Å². The predicted octanol–water partition coefficient (Wildman–Crippen LogP) is 5.93. The van der Waals surface area contributed by atoms with Crippen LogP contribution in [0.25, 0.3) is 11.8 Å². The maximum atomic E-state index is 14.0. The van der Waals surface area contributed by atoms with Crippen molar-refractivity contribution in [2.75, 3.05) is 6.61 Å². The number of thiazole rings is 1. The van der Waals surface area contributed by atoms with Gasteiger partial charge in [0.15, 0.2) is 4.80 Å². The molecule has 40 heavy (non-hydrogen) atoms. The molecule has 5 rings (SSSR count). The van der Waals surface area contributed by atoms with E-state index in [0.717, 1.165) is 28.2 Å². The number of ether oxygens (including phenoxy) is 1. The highest BCUT2D eigenvalue weighted by molar-refractivity contribution is 14.1. The number of allylic oxidation sites excluding steroid dienone is 1. The zero-order valence-corrected chi connectivity index (χ0v) is 26.5. The summed E-state index contributed by atoms with van der Waals surface area (Å²) in [6.07, 6.45) is 1.94. The van der Waals surface area contributed by atoms with E-state index < -0.39 is 12.0 Å². The second kappa shape index (κ2) is 11.3. The van der Waals surface area contributed by atoms with Crippen molar-refractivity contribution in [3.8, 4) is 5.69 Å². The normalized spacial score (nSPS) is 15.4. The fourth-order valence-corrected chi connectivity index (χ4v) is 6.63. The Morgan fingerprint density at radius 2 is 1.77 bits per heavy atom. The van der Waals surface area contributed by atoms with Gasteiger partial charge >= 0.3 is 5.97 Å². The lowest BCUT2D eigenvalue weighted by atomic mass is 9.93. The molecule has 1 aliphatic heterocycles. The van der Waals surface area contributed by atoms with E-state index in [2.05, 4.69) is 97.3 Å². The Kier molecular flexibility index (Phi) is 8.01. The van der Waals surface area contributed by atoms with Gasteiger partial charge in [0.2, 0.25) is 0 Å². The van der Waals surface area contributed by atoms with Crippen LogP contribution >= 0.6 is 33.9 Å². The van der Waals surface area contributed by atoms with Crippen molar-refractivity contribution in [2.24, 2.45) is 4.99 Å². The third-order valence-corrected chi connectivity index (χ3v) is 8.98. The highest BCUT2D eigenvalue weighted by atomic mass is 127. The summed E-state index contributed by atoms with van der Waals surface area (Å²) in [5, 5.41) is 0. The smallest absolute Gasteiger partial charge is 0.338 e. The molecule has 0 bridgehead atoms. The van der Waals surface area contributed by atoms with E-state index in [1.807, 2.05) is 25.1 Å². The first-order valence-corrected chi connectivity index (χ1v) is 15.2. The number of hydrogen-bond donors (Lipinski definition) is 0. The van der Waals surface area contributed by atoms with Crippen LogP contribution in [0.2, 0.25) is 0 Å². The average Bonchev–Trinajstić information content (AvgIpc) is 3.38. The molecule has 0 unspecified atom stereocenters. The van der Waals surface area contributed by atoms with Crippen LogP contribution in [-0.2, 0) is 9.53 Å². The van der Waals surface area contributed by atoms with Crippen LogP contribution in [0.15, 0.2) is 75.7 Å². The Bertz CT molecular complexity index is 1810. The highest BCUT2D eigenvalue weighted by Gasteiger charge is 2.33. The zero-order valence-electron chi connectivity index (χ0n) is 23.5. The molecular formula is C32H32IN3O3S. The molecule has 206 valence electrons. The molecule has 6 nitrogen and oxygen atoms in total. The summed E-state index contributed by atoms with van der Waals surface area (Å²) < 4.78 is 11.0. The summed E-state index contributed by atoms with van der Waals surface area (Å²) in [6.45, 7) is 12.3. The van der Waals surface area contributed by atoms with Crippen molar-refractivity contribution in [2.45, 2.75) is 53.5 Å². The van der Waals surface area contributed by atoms with Gasteiger partial charge in [-0.1, -0.05) is 49.4 Å². The van der Waals surface area contributed by atoms with Gasteiger partial charge < -0.3 is 9.30 Å². The molecule has 1 atom stereocenters. The Morgan fingerprint density at radius 3 is 2.40 bits per heavy atom. The minimum Gasteiger partial charge on any atom is -0.463 e. The summed E-state index contributed by atoms with van der Waals surface area (Å²) >= 11 is 3.65. The molecule has 4 aromatic rings. The number of esters is 1. The van der Waals surface area contributed by atoms with E-state index in [9.17, 15) is 9.59 Å². The Morgan fingerprint density at radius 1 is 1.10 bits per heavy atom. The summed E-state index contributed by atoms with van der Waals surface area (Å²) in [5.41, 5.74) is 7.03. The molecule has 0 aliphatic carbocycles. The maximum absolute atomic E-state index is 14.0. The molecule has 3 heterocycles. The fraction of sp³-hybridized carbons (Fsp3) is 0.281. The molecular weight excluding hydrogens is 633 g/mol. The molecule has 0 amide bonds. The standard InChI is InChI=1S/C32H32IN3O3S/c1-7-39-31(38)28-20(5)34-32-36(29(28)23-10-8-22(9-11-23)18(2)3)30(37)27(40-32)17-24-16-19(4)35(21(24)6)26-14-12-25(33)13-15-26/h8-18,29H,7H2,1-6H3/b27-17-/t29-/m0/s1. The zero-order chi connectivity index (χ0) is 28.7. The SMILES string of the molecule is CCOC(=O)C1=C(C)N=c2s/c(=C\c3cc(C)n(-c4ccc(I)cc4)c3C)c(=O)n2[C@H]1c1ccc(C(C)C)cc1. The van der Waals surface area contributed by atoms with Crippen LogP contribution in [0.4, 0.5) is 0 Å². The molecule has 0 fully saturated rings. The summed E-state index contributed by atoms with van der Waals surface area (Å²) in [4.78, 5) is 32.5. The first kappa shape index (κ1) is 28.3. The third kappa shape index (κ3) is 5.14. The van der Waals surface area contributed by atoms with Crippen molar-refractivity contribution in [1.82, 2.24) is 9.13 Å². The van der Waals surface area contributed by atoms with E-state index in [1.54, 1.807) is 11.5 Å². The molecule has 2 aromatic heterocycles. The minimum absolute atomic E-state index is 0.171. The predicted molar refractivity (Wildman–Crippen MR) is 169 cm³/mol. The number of fused-ring (bicyclic) bond motifs is 1. The van der Waals surface area contributed by atoms with Crippen LogP contribution in [0.3, 0.4) is 0 Å². The topological polar surface area (TPSA) is 65.6 Å². The van der Waals surface area contributed by atoms with Gasteiger partial charge in [-0.15, -0.1) is 0 Å². The molecule has 2 aromatic carbocycles. The van der Waals surface area contributed by atoms with Gasteiger partial charge in [0.25, 0.3) is 5.56 Å². The second-order valence-corrected chi connectivity index (χ2v) is 12.5. The quantitative estimate of drug-likeness (QED) is 0.190. The van der Waals surface area contributed by atoms with Crippen LogP contribution in [-0.4, -0.2) is 21.7 Å². The first-order valence-electron chi connectivity index (χ1n) is 13.3. The van der Waals surface area contributed by atoms with Crippen molar-refractivity contribution in [1.29, 1.82) is 0 Å². The molecule has 0 saturated heterocycles. The van der Waals surface area contributed by atoms with Crippen LogP contribution in [0.5, 0.6) is 0 Å². The van der Waals surface area contributed by atoms with Crippen LogP contribution in [0.1, 0.15) is 67.7 Å². The number of benzene rings is 2. The Labute approximate surface area is 251 Å². The number of carbonyl (C=O) groups is 1. The van der Waals surface area contributed by atoms with E-state index in [1.165, 1.54) is 20.5 Å². The summed E-state index contributed by atoms with van der Waals surface area (Å²) in [7, 11) is 0. The molecule has 0 spiro atoms. The van der Waals surface area contributed by atoms with Crippen LogP contribution < -0.4 is 14.9 Å². The lowest BCUT2D eigenvalue weighted by molar-refractivity contribution is -0.139. The highest BCUT2D eigenvalue weighted by Crippen LogP contribution is 2.31. The number of nitrogens with zero attached hydrogens (tertiary/aromatic N) is 3. The number of aryl methyl sites for hydroxylation is 1. The fourth-order valence-electron chi connectivity index (χ4n) is 5.23. The monoisotopic (exact) mass is 665 g/mol. The lowest BCUT2D eigenvalue weighted by Gasteiger charge is -2.25. The minimum atomic E-state index is -0.613.